The molecule has 244 valence electrons. The number of hydrogen-bond acceptors (Lipinski definition) is 6. The maximum atomic E-state index is 13.8. The van der Waals surface area contributed by atoms with E-state index < -0.39 is 28.7 Å². The largest absolute Gasteiger partial charge is 0.518 e. The van der Waals surface area contributed by atoms with Crippen LogP contribution < -0.4 is 5.32 Å². The summed E-state index contributed by atoms with van der Waals surface area (Å²) in [5.41, 5.74) is 0.841. The molecule has 1 amide bonds. The molecule has 0 radical (unpaired) electrons. The predicted octanol–water partition coefficient (Wildman–Crippen LogP) is 7.96. The highest BCUT2D eigenvalue weighted by Crippen LogP contribution is 2.43. The van der Waals surface area contributed by atoms with E-state index in [2.05, 4.69) is 87.6 Å². The summed E-state index contributed by atoms with van der Waals surface area (Å²) in [6.07, 6.45) is 4.69. The Morgan fingerprint density at radius 2 is 1.50 bits per heavy atom. The average molecular weight is 626 g/mol. The van der Waals surface area contributed by atoms with E-state index in [9.17, 15) is 14.4 Å². The van der Waals surface area contributed by atoms with E-state index in [1.165, 1.54) is 0 Å². The molecule has 1 fully saturated rings. The topological polar surface area (TPSA) is 90.9 Å². The average Bonchev–Trinajstić information content (AvgIpc) is 2.85. The van der Waals surface area contributed by atoms with Crippen LogP contribution in [0.5, 0.6) is 0 Å². The molecule has 0 aromatic rings. The van der Waals surface area contributed by atoms with Crippen molar-refractivity contribution in [3.63, 3.8) is 0 Å². The number of ketones is 1. The molecule has 1 heterocycles. The molecule has 0 aliphatic carbocycles. The minimum absolute atomic E-state index is 0.0474. The molecule has 7 nitrogen and oxygen atoms in total. The molecule has 1 N–H and O–H groups in total. The zero-order valence-electron chi connectivity index (χ0n) is 29.3. The van der Waals surface area contributed by atoms with Crippen molar-refractivity contribution in [1.82, 2.24) is 5.32 Å². The SMILES string of the molecule is C/C=C/C(=O)C[C@H]1CC[C@@H](C)[C@@H](CC(=O)NC[C@@H](O[Si](C)(C)C(C)(C)C)[C@@H](C)C(=O)O[Si](C(C)C)(C(C)C)C(C)C)O1. The molecule has 9 heteroatoms. The highest BCUT2D eigenvalue weighted by molar-refractivity contribution is 6.79. The van der Waals surface area contributed by atoms with Crippen LogP contribution in [0.2, 0.25) is 34.8 Å². The van der Waals surface area contributed by atoms with Crippen LogP contribution in [0.3, 0.4) is 0 Å². The Bertz CT molecular complexity index is 902. The van der Waals surface area contributed by atoms with Crippen LogP contribution >= 0.6 is 0 Å². The first-order valence-electron chi connectivity index (χ1n) is 16.2. The first-order chi connectivity index (χ1) is 19.2. The third-order valence-electron chi connectivity index (χ3n) is 9.78. The number of amides is 1. The standard InChI is InChI=1S/C33H63NO6Si2/c1-15-16-27(35)19-28-18-17-25(8)29(38-28)20-31(36)34-21-30(39-41(13,14)33(10,11)12)26(9)32(37)40-42(22(2)3,23(4)5)24(6)7/h15-16,22-26,28-30H,17-21H2,1-14H3,(H,34,36)/b16-15+/t25-,26-,28-,29-,30-/m1/s1. The van der Waals surface area contributed by atoms with Gasteiger partial charge in [0.2, 0.25) is 5.91 Å². The first-order valence-corrected chi connectivity index (χ1v) is 21.2. The summed E-state index contributed by atoms with van der Waals surface area (Å²) < 4.78 is 19.5. The maximum Gasteiger partial charge on any atom is 0.298 e. The van der Waals surface area contributed by atoms with Crippen molar-refractivity contribution >= 4 is 34.3 Å². The van der Waals surface area contributed by atoms with Gasteiger partial charge in [0.1, 0.15) is 0 Å². The van der Waals surface area contributed by atoms with Gasteiger partial charge in [0.15, 0.2) is 14.1 Å². The molecular formula is C33H63NO6Si2. The van der Waals surface area contributed by atoms with Crippen LogP contribution in [0.25, 0.3) is 0 Å². The number of allylic oxidation sites excluding steroid dienone is 2. The van der Waals surface area contributed by atoms with Gasteiger partial charge in [0.05, 0.1) is 30.7 Å². The minimum Gasteiger partial charge on any atom is -0.518 e. The number of carbonyl (C=O) groups excluding carboxylic acids is 3. The van der Waals surface area contributed by atoms with E-state index in [1.807, 2.05) is 13.8 Å². The number of hydrogen-bond donors (Lipinski definition) is 1. The van der Waals surface area contributed by atoms with Crippen molar-refractivity contribution in [2.75, 3.05) is 6.54 Å². The summed E-state index contributed by atoms with van der Waals surface area (Å²) >= 11 is 0. The van der Waals surface area contributed by atoms with Gasteiger partial charge >= 0.3 is 0 Å². The fraction of sp³-hybridized carbons (Fsp3) is 0.848. The van der Waals surface area contributed by atoms with Gasteiger partial charge in [-0.15, -0.1) is 0 Å². The van der Waals surface area contributed by atoms with E-state index in [0.29, 0.717) is 6.42 Å². The highest BCUT2D eigenvalue weighted by Gasteiger charge is 2.50. The normalized spacial score (nSPS) is 22.1. The summed E-state index contributed by atoms with van der Waals surface area (Å²) in [7, 11) is -4.69. The molecule has 0 aromatic heterocycles. The molecule has 0 unspecified atom stereocenters. The number of rotatable bonds is 15. The zero-order chi connectivity index (χ0) is 32.6. The summed E-state index contributed by atoms with van der Waals surface area (Å²) in [6, 6.07) is 0. The summed E-state index contributed by atoms with van der Waals surface area (Å²) in [5.74, 6) is -0.626. The Labute approximate surface area is 259 Å². The fourth-order valence-electron chi connectivity index (χ4n) is 6.08. The van der Waals surface area contributed by atoms with Crippen molar-refractivity contribution < 1.29 is 28.0 Å². The molecule has 5 atom stereocenters. The third kappa shape index (κ3) is 10.4. The van der Waals surface area contributed by atoms with Crippen molar-refractivity contribution in [2.24, 2.45) is 11.8 Å². The van der Waals surface area contributed by atoms with Gasteiger partial charge in [-0.2, -0.15) is 0 Å². The van der Waals surface area contributed by atoms with Gasteiger partial charge in [0, 0.05) is 13.0 Å². The monoisotopic (exact) mass is 625 g/mol. The summed E-state index contributed by atoms with van der Waals surface area (Å²) in [4.78, 5) is 39.1. The Kier molecular flexibility index (Phi) is 14.9. The van der Waals surface area contributed by atoms with Crippen LogP contribution in [0.1, 0.15) is 109 Å². The molecule has 0 spiro atoms. The molecule has 0 aromatic carbocycles. The lowest BCUT2D eigenvalue weighted by Gasteiger charge is -2.44. The molecule has 1 saturated heterocycles. The lowest BCUT2D eigenvalue weighted by molar-refractivity contribution is -0.144. The van der Waals surface area contributed by atoms with Crippen LogP contribution in [0.4, 0.5) is 0 Å². The van der Waals surface area contributed by atoms with Crippen molar-refractivity contribution in [3.8, 4) is 0 Å². The molecule has 42 heavy (non-hydrogen) atoms. The quantitative estimate of drug-likeness (QED) is 0.147. The second-order valence-electron chi connectivity index (χ2n) is 15.0. The van der Waals surface area contributed by atoms with Gasteiger partial charge in [-0.25, -0.2) is 0 Å². The molecular weight excluding hydrogens is 563 g/mol. The van der Waals surface area contributed by atoms with E-state index in [4.69, 9.17) is 13.6 Å². The van der Waals surface area contributed by atoms with E-state index in [1.54, 1.807) is 12.2 Å². The van der Waals surface area contributed by atoms with E-state index in [-0.39, 0.29) is 70.4 Å². The van der Waals surface area contributed by atoms with E-state index >= 15 is 0 Å². The van der Waals surface area contributed by atoms with Crippen molar-refractivity contribution in [1.29, 1.82) is 0 Å². The zero-order valence-corrected chi connectivity index (χ0v) is 31.3. The van der Waals surface area contributed by atoms with Crippen LogP contribution in [-0.2, 0) is 28.0 Å². The molecule has 1 rings (SSSR count). The van der Waals surface area contributed by atoms with Gasteiger partial charge in [0.25, 0.3) is 14.3 Å². The van der Waals surface area contributed by atoms with Crippen LogP contribution in [0.15, 0.2) is 12.2 Å². The van der Waals surface area contributed by atoms with Gasteiger partial charge in [-0.05, 0) is 73.4 Å². The van der Waals surface area contributed by atoms with Gasteiger partial charge in [-0.1, -0.05) is 75.3 Å². The van der Waals surface area contributed by atoms with Gasteiger partial charge in [-0.3, -0.25) is 14.4 Å². The van der Waals surface area contributed by atoms with E-state index in [0.717, 1.165) is 12.8 Å². The summed E-state index contributed by atoms with van der Waals surface area (Å²) in [6.45, 7) is 29.9. The molecule has 0 saturated carbocycles. The molecule has 1 aliphatic heterocycles. The number of nitrogens with one attached hydrogen (secondary N) is 1. The van der Waals surface area contributed by atoms with Crippen molar-refractivity contribution in [2.45, 2.75) is 162 Å². The highest BCUT2D eigenvalue weighted by atomic mass is 28.4. The second-order valence-corrected chi connectivity index (χ2v) is 25.1. The van der Waals surface area contributed by atoms with Gasteiger partial charge < -0.3 is 18.9 Å². The Balaban J connectivity index is 3.09. The van der Waals surface area contributed by atoms with Crippen molar-refractivity contribution in [3.05, 3.63) is 12.2 Å². The lowest BCUT2D eigenvalue weighted by Crippen LogP contribution is -2.54. The number of carbonyl (C=O) groups is 3. The predicted molar refractivity (Wildman–Crippen MR) is 177 cm³/mol. The number of ether oxygens (including phenoxy) is 1. The summed E-state index contributed by atoms with van der Waals surface area (Å²) in [5, 5.41) is 3.01. The molecule has 0 bridgehead atoms. The first kappa shape index (κ1) is 38.7. The third-order valence-corrected chi connectivity index (χ3v) is 20.3. The van der Waals surface area contributed by atoms with Crippen LogP contribution in [-0.4, -0.2) is 59.2 Å². The van der Waals surface area contributed by atoms with Crippen LogP contribution in [0, 0.1) is 11.8 Å². The second kappa shape index (κ2) is 16.1. The Hall–Kier alpha value is -1.30. The minimum atomic E-state index is -2.43. The fourth-order valence-corrected chi connectivity index (χ4v) is 12.7. The Morgan fingerprint density at radius 3 is 1.98 bits per heavy atom. The molecule has 1 aliphatic rings. The lowest BCUT2D eigenvalue weighted by atomic mass is 9.90. The smallest absolute Gasteiger partial charge is 0.298 e. The Morgan fingerprint density at radius 1 is 0.952 bits per heavy atom. The maximum absolute atomic E-state index is 13.8.